The Morgan fingerprint density at radius 1 is 1.47 bits per heavy atom. The summed E-state index contributed by atoms with van der Waals surface area (Å²) in [5.74, 6) is 0. The minimum absolute atomic E-state index is 0.405. The number of rotatable bonds is 3. The standard InChI is InChI=1S/C13H15N3S/c1-3-10-4-2-6-15-13(10)12(5-1)16-8-11-7-14-9-17-11/h2,4,6-7,9,12,16H,1,3,5,8H2. The van der Waals surface area contributed by atoms with Crippen molar-refractivity contribution >= 4 is 11.3 Å². The molecule has 0 bridgehead atoms. The summed E-state index contributed by atoms with van der Waals surface area (Å²) in [6.45, 7) is 0.894. The number of fused-ring (bicyclic) bond motifs is 1. The van der Waals surface area contributed by atoms with Gasteiger partial charge >= 0.3 is 0 Å². The summed E-state index contributed by atoms with van der Waals surface area (Å²) in [6, 6.07) is 4.63. The second-order valence-corrected chi connectivity index (χ2v) is 5.31. The van der Waals surface area contributed by atoms with Gasteiger partial charge in [-0.25, -0.2) is 0 Å². The Labute approximate surface area is 105 Å². The molecule has 1 aliphatic carbocycles. The van der Waals surface area contributed by atoms with Gasteiger partial charge in [0, 0.05) is 23.8 Å². The van der Waals surface area contributed by atoms with Crippen LogP contribution in [0.4, 0.5) is 0 Å². The number of aryl methyl sites for hydroxylation is 1. The van der Waals surface area contributed by atoms with Gasteiger partial charge in [0.2, 0.25) is 0 Å². The van der Waals surface area contributed by atoms with Crippen molar-refractivity contribution in [2.75, 3.05) is 0 Å². The number of thiazole rings is 1. The molecule has 88 valence electrons. The lowest BCUT2D eigenvalue weighted by molar-refractivity contribution is 0.449. The van der Waals surface area contributed by atoms with Crippen molar-refractivity contribution in [3.8, 4) is 0 Å². The third-order valence-electron chi connectivity index (χ3n) is 3.20. The van der Waals surface area contributed by atoms with Gasteiger partial charge in [0.25, 0.3) is 0 Å². The predicted molar refractivity (Wildman–Crippen MR) is 68.9 cm³/mol. The Bertz CT molecular complexity index is 481. The highest BCUT2D eigenvalue weighted by Gasteiger charge is 2.20. The molecule has 1 N–H and O–H groups in total. The Kier molecular flexibility index (Phi) is 3.16. The monoisotopic (exact) mass is 245 g/mol. The van der Waals surface area contributed by atoms with Gasteiger partial charge in [-0.15, -0.1) is 11.3 Å². The lowest BCUT2D eigenvalue weighted by atomic mass is 9.92. The van der Waals surface area contributed by atoms with E-state index < -0.39 is 0 Å². The van der Waals surface area contributed by atoms with Crippen LogP contribution in [0.15, 0.2) is 30.0 Å². The smallest absolute Gasteiger partial charge is 0.0794 e. The van der Waals surface area contributed by atoms with Gasteiger partial charge in [0.1, 0.15) is 0 Å². The van der Waals surface area contributed by atoms with Gasteiger partial charge in [0.15, 0.2) is 0 Å². The fourth-order valence-corrected chi connectivity index (χ4v) is 2.91. The molecule has 2 heterocycles. The molecule has 4 heteroatoms. The van der Waals surface area contributed by atoms with Gasteiger partial charge in [0.05, 0.1) is 17.2 Å². The zero-order chi connectivity index (χ0) is 11.5. The zero-order valence-corrected chi connectivity index (χ0v) is 10.4. The molecule has 0 aliphatic heterocycles. The Morgan fingerprint density at radius 2 is 2.47 bits per heavy atom. The Balaban J connectivity index is 1.72. The third-order valence-corrected chi connectivity index (χ3v) is 3.98. The summed E-state index contributed by atoms with van der Waals surface area (Å²) in [5, 5.41) is 3.59. The highest BCUT2D eigenvalue weighted by molar-refractivity contribution is 7.09. The van der Waals surface area contributed by atoms with Crippen molar-refractivity contribution in [2.24, 2.45) is 0 Å². The molecular formula is C13H15N3S. The van der Waals surface area contributed by atoms with Crippen LogP contribution in [-0.2, 0) is 13.0 Å². The third kappa shape index (κ3) is 2.37. The van der Waals surface area contributed by atoms with Crippen LogP contribution in [0.25, 0.3) is 0 Å². The molecule has 0 saturated carbocycles. The number of hydrogen-bond acceptors (Lipinski definition) is 4. The first kappa shape index (κ1) is 10.9. The summed E-state index contributed by atoms with van der Waals surface area (Å²) >= 11 is 1.70. The molecule has 2 aromatic rings. The molecule has 17 heavy (non-hydrogen) atoms. The average Bonchev–Trinajstić information content (AvgIpc) is 2.89. The zero-order valence-electron chi connectivity index (χ0n) is 9.60. The number of nitrogens with one attached hydrogen (secondary N) is 1. The van der Waals surface area contributed by atoms with E-state index in [1.807, 2.05) is 24.0 Å². The van der Waals surface area contributed by atoms with Gasteiger partial charge < -0.3 is 5.32 Å². The molecule has 0 amide bonds. The summed E-state index contributed by atoms with van der Waals surface area (Å²) in [4.78, 5) is 9.90. The van der Waals surface area contributed by atoms with E-state index in [0.29, 0.717) is 6.04 Å². The van der Waals surface area contributed by atoms with Gasteiger partial charge in [-0.1, -0.05) is 6.07 Å². The van der Waals surface area contributed by atoms with Crippen LogP contribution in [0, 0.1) is 0 Å². The van der Waals surface area contributed by atoms with Crippen LogP contribution in [0.2, 0.25) is 0 Å². The van der Waals surface area contributed by atoms with Gasteiger partial charge in [-0.05, 0) is 30.9 Å². The van der Waals surface area contributed by atoms with Crippen LogP contribution in [0.3, 0.4) is 0 Å². The van der Waals surface area contributed by atoms with Crippen LogP contribution >= 0.6 is 11.3 Å². The molecule has 0 aromatic carbocycles. The maximum atomic E-state index is 4.53. The van der Waals surface area contributed by atoms with Crippen molar-refractivity contribution in [3.63, 3.8) is 0 Å². The number of hydrogen-bond donors (Lipinski definition) is 1. The van der Waals surface area contributed by atoms with Crippen molar-refractivity contribution in [1.29, 1.82) is 0 Å². The summed E-state index contributed by atoms with van der Waals surface area (Å²) in [6.07, 6.45) is 7.43. The largest absolute Gasteiger partial charge is 0.304 e. The van der Waals surface area contributed by atoms with E-state index in [-0.39, 0.29) is 0 Å². The molecular weight excluding hydrogens is 230 g/mol. The Morgan fingerprint density at radius 3 is 3.35 bits per heavy atom. The van der Waals surface area contributed by atoms with E-state index in [1.165, 1.54) is 35.4 Å². The summed E-state index contributed by atoms with van der Waals surface area (Å²) in [5.41, 5.74) is 4.52. The molecule has 3 rings (SSSR count). The molecule has 1 aliphatic rings. The summed E-state index contributed by atoms with van der Waals surface area (Å²) in [7, 11) is 0. The maximum Gasteiger partial charge on any atom is 0.0794 e. The molecule has 0 fully saturated rings. The first-order valence-corrected chi connectivity index (χ1v) is 6.86. The molecule has 0 spiro atoms. The fraction of sp³-hybridized carbons (Fsp3) is 0.385. The van der Waals surface area contributed by atoms with E-state index in [2.05, 4.69) is 21.4 Å². The SMILES string of the molecule is c1cnc2c(c1)CCCC2NCc1cncs1. The molecule has 1 unspecified atom stereocenters. The fourth-order valence-electron chi connectivity index (χ4n) is 2.36. The van der Waals surface area contributed by atoms with E-state index in [9.17, 15) is 0 Å². The highest BCUT2D eigenvalue weighted by Crippen LogP contribution is 2.27. The molecule has 0 saturated heterocycles. The first-order valence-electron chi connectivity index (χ1n) is 5.98. The minimum atomic E-state index is 0.405. The van der Waals surface area contributed by atoms with E-state index in [0.717, 1.165) is 6.54 Å². The minimum Gasteiger partial charge on any atom is -0.304 e. The van der Waals surface area contributed by atoms with Crippen molar-refractivity contribution < 1.29 is 0 Å². The highest BCUT2D eigenvalue weighted by atomic mass is 32.1. The average molecular weight is 245 g/mol. The topological polar surface area (TPSA) is 37.8 Å². The Hall–Kier alpha value is -1.26. The van der Waals surface area contributed by atoms with Gasteiger partial charge in [-0.2, -0.15) is 0 Å². The lowest BCUT2D eigenvalue weighted by Crippen LogP contribution is -2.25. The quantitative estimate of drug-likeness (QED) is 0.903. The molecule has 3 nitrogen and oxygen atoms in total. The van der Waals surface area contributed by atoms with Crippen molar-refractivity contribution in [3.05, 3.63) is 46.2 Å². The number of nitrogens with zero attached hydrogens (tertiary/aromatic N) is 2. The van der Waals surface area contributed by atoms with Gasteiger partial charge in [-0.3, -0.25) is 9.97 Å². The van der Waals surface area contributed by atoms with Crippen molar-refractivity contribution in [2.45, 2.75) is 31.8 Å². The van der Waals surface area contributed by atoms with Crippen molar-refractivity contribution in [1.82, 2.24) is 15.3 Å². The van der Waals surface area contributed by atoms with Crippen LogP contribution in [-0.4, -0.2) is 9.97 Å². The first-order chi connectivity index (χ1) is 8.43. The van der Waals surface area contributed by atoms with E-state index >= 15 is 0 Å². The normalized spacial score (nSPS) is 18.9. The lowest BCUT2D eigenvalue weighted by Gasteiger charge is -2.24. The second-order valence-electron chi connectivity index (χ2n) is 4.34. The van der Waals surface area contributed by atoms with E-state index in [4.69, 9.17) is 0 Å². The van der Waals surface area contributed by atoms with E-state index in [1.54, 1.807) is 11.3 Å². The summed E-state index contributed by atoms with van der Waals surface area (Å²) < 4.78 is 0. The number of aromatic nitrogens is 2. The maximum absolute atomic E-state index is 4.53. The number of pyridine rings is 1. The predicted octanol–water partition coefficient (Wildman–Crippen LogP) is 2.71. The van der Waals surface area contributed by atoms with Crippen LogP contribution in [0.5, 0.6) is 0 Å². The van der Waals surface area contributed by atoms with Crippen LogP contribution in [0.1, 0.15) is 35.0 Å². The molecule has 0 radical (unpaired) electrons. The molecule has 1 atom stereocenters. The van der Waals surface area contributed by atoms with Crippen LogP contribution < -0.4 is 5.32 Å². The second kappa shape index (κ2) is 4.94. The molecule has 2 aromatic heterocycles.